The van der Waals surface area contributed by atoms with Crippen molar-refractivity contribution in [2.45, 2.75) is 6.92 Å². The third kappa shape index (κ3) is 3.20. The average Bonchev–Trinajstić information content (AvgIpc) is 2.91. The summed E-state index contributed by atoms with van der Waals surface area (Å²) in [6, 6.07) is 18.5. The summed E-state index contributed by atoms with van der Waals surface area (Å²) in [4.78, 5) is 4.80. The summed E-state index contributed by atoms with van der Waals surface area (Å²) >= 11 is 3.49. The van der Waals surface area contributed by atoms with Crippen LogP contribution in [-0.2, 0) is 0 Å². The summed E-state index contributed by atoms with van der Waals surface area (Å²) in [5.41, 5.74) is 4.23. The molecule has 0 aliphatic heterocycles. The normalized spacial score (nSPS) is 11.0. The fraction of sp³-hybridized carbons (Fsp3) is 0.0500. The molecule has 0 unspecified atom stereocenters. The molecule has 0 amide bonds. The summed E-state index contributed by atoms with van der Waals surface area (Å²) in [6.45, 7) is 5.79. The van der Waals surface area contributed by atoms with Gasteiger partial charge >= 0.3 is 0 Å². The van der Waals surface area contributed by atoms with Gasteiger partial charge < -0.3 is 0 Å². The zero-order valence-corrected chi connectivity index (χ0v) is 14.5. The van der Waals surface area contributed by atoms with Crippen LogP contribution >= 0.6 is 15.9 Å². The minimum atomic E-state index is 0.939. The van der Waals surface area contributed by atoms with E-state index in [0.29, 0.717) is 0 Å². The highest BCUT2D eigenvalue weighted by Gasteiger charge is 2.15. The van der Waals surface area contributed by atoms with Crippen molar-refractivity contribution in [3.8, 4) is 17.1 Å². The molecule has 23 heavy (non-hydrogen) atoms. The van der Waals surface area contributed by atoms with E-state index in [4.69, 9.17) is 4.98 Å². The first-order valence-corrected chi connectivity index (χ1v) is 8.20. The highest BCUT2D eigenvalue weighted by Crippen LogP contribution is 2.28. The molecule has 1 heterocycles. The Kier molecular flexibility index (Phi) is 4.58. The van der Waals surface area contributed by atoms with Crippen LogP contribution in [0.1, 0.15) is 11.4 Å². The van der Waals surface area contributed by atoms with Crippen LogP contribution in [0.25, 0.3) is 23.2 Å². The fourth-order valence-electron chi connectivity index (χ4n) is 2.53. The van der Waals surface area contributed by atoms with Gasteiger partial charge in [0.2, 0.25) is 0 Å². The molecule has 3 aromatic rings. The lowest BCUT2D eigenvalue weighted by Crippen LogP contribution is -1.99. The third-order valence-corrected chi connectivity index (χ3v) is 4.13. The maximum atomic E-state index is 4.80. The Hall–Kier alpha value is -2.39. The second kappa shape index (κ2) is 6.80. The number of aryl methyl sites for hydroxylation is 1. The van der Waals surface area contributed by atoms with Gasteiger partial charge in [-0.25, -0.2) is 4.98 Å². The molecule has 0 saturated heterocycles. The van der Waals surface area contributed by atoms with E-state index in [1.807, 2.05) is 49.4 Å². The fourth-order valence-corrected chi connectivity index (χ4v) is 2.79. The quantitative estimate of drug-likeness (QED) is 0.534. The molecule has 3 rings (SSSR count). The second-order valence-electron chi connectivity index (χ2n) is 5.18. The number of hydrogen-bond donors (Lipinski definition) is 0. The van der Waals surface area contributed by atoms with Crippen molar-refractivity contribution in [3.63, 3.8) is 0 Å². The first-order chi connectivity index (χ1) is 11.2. The predicted octanol–water partition coefficient (Wildman–Crippen LogP) is 5.81. The Morgan fingerprint density at radius 1 is 1.04 bits per heavy atom. The molecule has 2 nitrogen and oxygen atoms in total. The summed E-state index contributed by atoms with van der Waals surface area (Å²) in [6.07, 6.45) is 5.76. The van der Waals surface area contributed by atoms with Gasteiger partial charge in [-0.05, 0) is 37.3 Å². The van der Waals surface area contributed by atoms with Crippen molar-refractivity contribution < 1.29 is 0 Å². The lowest BCUT2D eigenvalue weighted by atomic mass is 10.2. The molecule has 2 aromatic carbocycles. The third-order valence-electron chi connectivity index (χ3n) is 3.60. The van der Waals surface area contributed by atoms with E-state index < -0.39 is 0 Å². The number of nitrogens with zero attached hydrogens (tertiary/aromatic N) is 2. The highest BCUT2D eigenvalue weighted by atomic mass is 79.9. The van der Waals surface area contributed by atoms with Gasteiger partial charge in [-0.15, -0.1) is 0 Å². The molecule has 0 N–H and O–H groups in total. The molecule has 0 bridgehead atoms. The molecule has 114 valence electrons. The van der Waals surface area contributed by atoms with E-state index >= 15 is 0 Å². The topological polar surface area (TPSA) is 17.8 Å². The van der Waals surface area contributed by atoms with Crippen LogP contribution in [0.3, 0.4) is 0 Å². The summed E-state index contributed by atoms with van der Waals surface area (Å²) in [5, 5.41) is 0. The van der Waals surface area contributed by atoms with Gasteiger partial charge in [0.1, 0.15) is 5.82 Å². The van der Waals surface area contributed by atoms with Gasteiger partial charge in [0, 0.05) is 15.7 Å². The van der Waals surface area contributed by atoms with Crippen LogP contribution in [0.2, 0.25) is 0 Å². The molecule has 3 heteroatoms. The molecule has 0 aliphatic rings. The molecular weight excluding hydrogens is 348 g/mol. The zero-order valence-electron chi connectivity index (χ0n) is 12.9. The van der Waals surface area contributed by atoms with Crippen LogP contribution in [0.15, 0.2) is 77.8 Å². The minimum absolute atomic E-state index is 0.939. The smallest absolute Gasteiger partial charge is 0.145 e. The number of hydrogen-bond acceptors (Lipinski definition) is 1. The number of benzene rings is 2. The lowest BCUT2D eigenvalue weighted by Gasteiger charge is -2.11. The molecule has 0 radical (unpaired) electrons. The first kappa shape index (κ1) is 15.5. The van der Waals surface area contributed by atoms with Crippen LogP contribution in [0.5, 0.6) is 0 Å². The number of imidazole rings is 1. The van der Waals surface area contributed by atoms with E-state index in [0.717, 1.165) is 32.9 Å². The van der Waals surface area contributed by atoms with Crippen LogP contribution in [0.4, 0.5) is 0 Å². The average molecular weight is 365 g/mol. The van der Waals surface area contributed by atoms with Crippen molar-refractivity contribution in [1.29, 1.82) is 0 Å². The summed E-state index contributed by atoms with van der Waals surface area (Å²) in [7, 11) is 0. The molecule has 0 aliphatic carbocycles. The van der Waals surface area contributed by atoms with Gasteiger partial charge in [0.05, 0.1) is 11.4 Å². The standard InChI is InChI=1S/C20H17BrN2/c1-3-4-10-19-15(2)22-20(16-8-6-5-7-9-16)23(19)18-13-11-17(21)12-14-18/h3-14H,1H2,2H3/b10-4-. The van der Waals surface area contributed by atoms with Crippen molar-refractivity contribution in [2.24, 2.45) is 0 Å². The maximum Gasteiger partial charge on any atom is 0.145 e. The van der Waals surface area contributed by atoms with Crippen molar-refractivity contribution in [2.75, 3.05) is 0 Å². The van der Waals surface area contributed by atoms with Crippen LogP contribution in [0, 0.1) is 6.92 Å². The summed E-state index contributed by atoms with van der Waals surface area (Å²) < 4.78 is 3.24. The van der Waals surface area contributed by atoms with Crippen molar-refractivity contribution in [3.05, 3.63) is 89.2 Å². The Balaban J connectivity index is 2.26. The zero-order chi connectivity index (χ0) is 16.2. The number of halogens is 1. The maximum absolute atomic E-state index is 4.80. The molecular formula is C20H17BrN2. The van der Waals surface area contributed by atoms with Crippen molar-refractivity contribution in [1.82, 2.24) is 9.55 Å². The molecule has 1 aromatic heterocycles. The Labute approximate surface area is 144 Å². The van der Waals surface area contributed by atoms with E-state index in [1.165, 1.54) is 0 Å². The van der Waals surface area contributed by atoms with Gasteiger partial charge in [-0.1, -0.05) is 65.0 Å². The molecule has 0 spiro atoms. The number of allylic oxidation sites excluding steroid dienone is 2. The van der Waals surface area contributed by atoms with E-state index in [-0.39, 0.29) is 0 Å². The Morgan fingerprint density at radius 3 is 2.39 bits per heavy atom. The number of aromatic nitrogens is 2. The van der Waals surface area contributed by atoms with Crippen molar-refractivity contribution >= 4 is 22.0 Å². The van der Waals surface area contributed by atoms with Crippen LogP contribution < -0.4 is 0 Å². The largest absolute Gasteiger partial charge is 0.293 e. The molecule has 0 saturated carbocycles. The van der Waals surface area contributed by atoms with Crippen LogP contribution in [-0.4, -0.2) is 9.55 Å². The molecule has 0 fully saturated rings. The van der Waals surface area contributed by atoms with E-state index in [1.54, 1.807) is 6.08 Å². The Morgan fingerprint density at radius 2 is 1.74 bits per heavy atom. The SMILES string of the molecule is C=C/C=C\c1c(C)nc(-c2ccccc2)n1-c1ccc(Br)cc1. The lowest BCUT2D eigenvalue weighted by molar-refractivity contribution is 1.05. The second-order valence-corrected chi connectivity index (χ2v) is 6.09. The van der Waals surface area contributed by atoms with Gasteiger partial charge in [0.25, 0.3) is 0 Å². The van der Waals surface area contributed by atoms with E-state index in [9.17, 15) is 0 Å². The highest BCUT2D eigenvalue weighted by molar-refractivity contribution is 9.10. The number of rotatable bonds is 4. The first-order valence-electron chi connectivity index (χ1n) is 7.40. The molecule has 0 atom stereocenters. The minimum Gasteiger partial charge on any atom is -0.293 e. The monoisotopic (exact) mass is 364 g/mol. The van der Waals surface area contributed by atoms with Gasteiger partial charge in [-0.2, -0.15) is 0 Å². The van der Waals surface area contributed by atoms with Gasteiger partial charge in [-0.3, -0.25) is 4.57 Å². The Bertz CT molecular complexity index is 843. The van der Waals surface area contributed by atoms with Gasteiger partial charge in [0.15, 0.2) is 0 Å². The predicted molar refractivity (Wildman–Crippen MR) is 101 cm³/mol. The van der Waals surface area contributed by atoms with E-state index in [2.05, 4.69) is 51.3 Å². The summed E-state index contributed by atoms with van der Waals surface area (Å²) in [5.74, 6) is 0.939.